The standard InChI is InChI=1S/C19H15N3O2.C19H13N3O.K.H2O/c1-21-15-5-3-2-4-14(15)18-16(21)10-11-17(23)22(18)13-8-6-12(7-9-13)19(20)24;1-20-13-7-9-14(10-8-13)22-18(23)12-11-17-19(22)15-5-3-4-6-16(15)21(17)2;;/h2-11H,1H3,(H2,20,24);3-12H,2H3;;1H2/q;;+1;/p-1. The van der Waals surface area contributed by atoms with Crippen molar-refractivity contribution >= 4 is 55.5 Å². The number of hydrogen-bond donors (Lipinski definition) is 1. The first-order chi connectivity index (χ1) is 22.8. The van der Waals surface area contributed by atoms with Crippen LogP contribution in [0.1, 0.15) is 10.4 Å². The maximum absolute atomic E-state index is 12.6. The van der Waals surface area contributed by atoms with Gasteiger partial charge < -0.3 is 20.3 Å². The van der Waals surface area contributed by atoms with Crippen LogP contribution in [0.2, 0.25) is 0 Å². The zero-order valence-corrected chi connectivity index (χ0v) is 30.2. The van der Waals surface area contributed by atoms with Gasteiger partial charge in [-0.15, -0.1) is 0 Å². The minimum absolute atomic E-state index is 0. The van der Waals surface area contributed by atoms with Crippen LogP contribution >= 0.6 is 0 Å². The second kappa shape index (κ2) is 14.2. The molecule has 0 spiro atoms. The largest absolute Gasteiger partial charge is 1.00 e. The summed E-state index contributed by atoms with van der Waals surface area (Å²) in [7, 11) is 3.98. The van der Waals surface area contributed by atoms with Gasteiger partial charge in [-0.25, -0.2) is 4.85 Å². The summed E-state index contributed by atoms with van der Waals surface area (Å²) < 4.78 is 7.54. The van der Waals surface area contributed by atoms with Crippen molar-refractivity contribution in [1.82, 2.24) is 18.3 Å². The maximum atomic E-state index is 12.6. The van der Waals surface area contributed by atoms with Crippen LogP contribution in [0.4, 0.5) is 5.69 Å². The summed E-state index contributed by atoms with van der Waals surface area (Å²) in [5.74, 6) is -0.489. The van der Waals surface area contributed by atoms with Crippen molar-refractivity contribution in [3.63, 3.8) is 0 Å². The van der Waals surface area contributed by atoms with Gasteiger partial charge in [0.25, 0.3) is 11.1 Å². The fourth-order valence-corrected chi connectivity index (χ4v) is 6.27. The van der Waals surface area contributed by atoms with E-state index in [0.717, 1.165) is 49.6 Å². The van der Waals surface area contributed by atoms with Gasteiger partial charge in [0.15, 0.2) is 5.69 Å². The molecule has 0 aliphatic heterocycles. The predicted molar refractivity (Wildman–Crippen MR) is 189 cm³/mol. The average Bonchev–Trinajstić information content (AvgIpc) is 3.55. The minimum Gasteiger partial charge on any atom is -0.870 e. The number of aryl methyl sites for hydroxylation is 2. The molecule has 4 aromatic carbocycles. The Morgan fingerprint density at radius 2 is 1.00 bits per heavy atom. The van der Waals surface area contributed by atoms with Gasteiger partial charge in [-0.2, -0.15) is 0 Å². The number of nitrogens with two attached hydrogens (primary N) is 1. The number of amides is 1. The quantitative estimate of drug-likeness (QED) is 0.228. The minimum atomic E-state index is -0.489. The Labute approximate surface area is 322 Å². The summed E-state index contributed by atoms with van der Waals surface area (Å²) in [4.78, 5) is 39.8. The number of aromatic nitrogens is 4. The van der Waals surface area contributed by atoms with E-state index in [4.69, 9.17) is 12.3 Å². The van der Waals surface area contributed by atoms with E-state index >= 15 is 0 Å². The van der Waals surface area contributed by atoms with Crippen molar-refractivity contribution in [2.24, 2.45) is 19.8 Å². The number of para-hydroxylation sites is 2. The van der Waals surface area contributed by atoms with E-state index in [1.165, 1.54) is 0 Å². The van der Waals surface area contributed by atoms with Crippen molar-refractivity contribution in [2.75, 3.05) is 0 Å². The summed E-state index contributed by atoms with van der Waals surface area (Å²) in [5, 5.41) is 2.05. The average molecular weight is 673 g/mol. The zero-order valence-electron chi connectivity index (χ0n) is 27.0. The van der Waals surface area contributed by atoms with Gasteiger partial charge in [-0.05, 0) is 60.7 Å². The molecule has 0 aliphatic rings. The Bertz CT molecular complexity index is 2680. The Morgan fingerprint density at radius 1 is 0.592 bits per heavy atom. The number of pyridine rings is 2. The van der Waals surface area contributed by atoms with E-state index in [1.807, 2.05) is 86.9 Å². The van der Waals surface area contributed by atoms with Gasteiger partial charge in [0.1, 0.15) is 0 Å². The molecule has 0 bridgehead atoms. The predicted octanol–water partition coefficient (Wildman–Crippen LogP) is 3.44. The zero-order chi connectivity index (χ0) is 32.8. The summed E-state index contributed by atoms with van der Waals surface area (Å²) in [6.07, 6.45) is 0. The van der Waals surface area contributed by atoms with Crippen LogP contribution < -0.4 is 68.2 Å². The van der Waals surface area contributed by atoms with Crippen LogP contribution in [0.3, 0.4) is 0 Å². The SMILES string of the molecule is Cn1c2ccccc2c2c1ccc(=O)n2-c1ccc(C(N)=O)cc1.[C-]#[N+]c1ccc(-n2c(=O)ccc3c2c2ccccc2n3C)cc1.[K+].[OH-]. The summed E-state index contributed by atoms with van der Waals surface area (Å²) in [5.41, 5.74) is 13.4. The van der Waals surface area contributed by atoms with Crippen LogP contribution in [0, 0.1) is 6.57 Å². The number of nitrogens with zero attached hydrogens (tertiary/aromatic N) is 5. The Kier molecular flexibility index (Phi) is 10.2. The number of carbonyl (C=O) groups excluding carboxylic acids is 1. The van der Waals surface area contributed by atoms with E-state index < -0.39 is 5.91 Å². The van der Waals surface area contributed by atoms with Crippen molar-refractivity contribution < 1.29 is 61.7 Å². The summed E-state index contributed by atoms with van der Waals surface area (Å²) in [6, 6.07) is 36.7. The Morgan fingerprint density at radius 3 is 1.41 bits per heavy atom. The first-order valence-electron chi connectivity index (χ1n) is 14.8. The third-order valence-electron chi connectivity index (χ3n) is 8.55. The number of hydrogen-bond acceptors (Lipinski definition) is 4. The molecule has 10 nitrogen and oxygen atoms in total. The van der Waals surface area contributed by atoms with Crippen molar-refractivity contribution in [1.29, 1.82) is 0 Å². The van der Waals surface area contributed by atoms with Gasteiger partial charge in [0.2, 0.25) is 5.91 Å². The van der Waals surface area contributed by atoms with Crippen molar-refractivity contribution in [3.8, 4) is 11.4 Å². The first kappa shape index (κ1) is 35.2. The molecule has 4 aromatic heterocycles. The monoisotopic (exact) mass is 672 g/mol. The van der Waals surface area contributed by atoms with Crippen molar-refractivity contribution in [2.45, 2.75) is 0 Å². The van der Waals surface area contributed by atoms with Gasteiger partial charge in [0.05, 0.1) is 39.7 Å². The second-order valence-corrected chi connectivity index (χ2v) is 11.2. The summed E-state index contributed by atoms with van der Waals surface area (Å²) >= 11 is 0. The molecule has 8 rings (SSSR count). The number of primary amides is 1. The van der Waals surface area contributed by atoms with Gasteiger partial charge in [-0.3, -0.25) is 23.5 Å². The van der Waals surface area contributed by atoms with E-state index in [2.05, 4.69) is 14.0 Å². The Balaban J connectivity index is 0.000000184. The third kappa shape index (κ3) is 6.06. The fourth-order valence-electron chi connectivity index (χ4n) is 6.27. The second-order valence-electron chi connectivity index (χ2n) is 11.2. The normalized spacial score (nSPS) is 10.6. The molecule has 11 heteroatoms. The molecule has 0 aliphatic carbocycles. The molecule has 0 unspecified atom stereocenters. The van der Waals surface area contributed by atoms with Crippen LogP contribution in [-0.4, -0.2) is 29.7 Å². The molecule has 0 saturated carbocycles. The number of rotatable bonds is 3. The van der Waals surface area contributed by atoms with Gasteiger partial charge in [0, 0.05) is 53.9 Å². The van der Waals surface area contributed by atoms with Gasteiger partial charge >= 0.3 is 51.4 Å². The van der Waals surface area contributed by atoms with Crippen LogP contribution in [-0.2, 0) is 14.1 Å². The molecule has 236 valence electrons. The molecule has 0 atom stereocenters. The molecule has 3 N–H and O–H groups in total. The van der Waals surface area contributed by atoms with Crippen LogP contribution in [0.25, 0.3) is 60.1 Å². The Hall–Kier alpha value is -5.06. The molecule has 8 aromatic rings. The molecule has 4 heterocycles. The molecule has 49 heavy (non-hydrogen) atoms. The van der Waals surface area contributed by atoms with E-state index in [1.54, 1.807) is 57.7 Å². The number of carbonyl (C=O) groups is 1. The molecule has 0 saturated heterocycles. The number of benzene rings is 4. The van der Waals surface area contributed by atoms with E-state index in [0.29, 0.717) is 16.9 Å². The molecule has 1 amide bonds. The smallest absolute Gasteiger partial charge is 0.870 e. The molecular formula is C38H29KN6O4. The van der Waals surface area contributed by atoms with E-state index in [9.17, 15) is 14.4 Å². The van der Waals surface area contributed by atoms with Gasteiger partial charge in [-0.1, -0.05) is 48.5 Å². The third-order valence-corrected chi connectivity index (χ3v) is 8.55. The molecule has 0 fully saturated rings. The van der Waals surface area contributed by atoms with Crippen LogP contribution in [0.15, 0.2) is 131 Å². The topological polar surface area (TPSA) is 131 Å². The fraction of sp³-hybridized carbons (Fsp3) is 0.0526. The van der Waals surface area contributed by atoms with E-state index in [-0.39, 0.29) is 68.0 Å². The van der Waals surface area contributed by atoms with Crippen molar-refractivity contribution in [3.05, 3.63) is 159 Å². The number of fused-ring (bicyclic) bond motifs is 6. The molecular weight excluding hydrogens is 644 g/mol. The van der Waals surface area contributed by atoms with Crippen LogP contribution in [0.5, 0.6) is 0 Å². The summed E-state index contributed by atoms with van der Waals surface area (Å²) in [6.45, 7) is 7.06. The maximum Gasteiger partial charge on any atom is 1.00 e. The molecule has 0 radical (unpaired) electrons. The first-order valence-corrected chi connectivity index (χ1v) is 14.8.